The van der Waals surface area contributed by atoms with E-state index in [4.69, 9.17) is 14.9 Å². The highest BCUT2D eigenvalue weighted by atomic mass is 16.5. The first-order valence-electron chi connectivity index (χ1n) is 15.6. The molecule has 0 atom stereocenters. The summed E-state index contributed by atoms with van der Waals surface area (Å²) in [6, 6.07) is 19.3. The summed E-state index contributed by atoms with van der Waals surface area (Å²) in [6.45, 7) is 11.9. The molecule has 0 bridgehead atoms. The summed E-state index contributed by atoms with van der Waals surface area (Å²) in [7, 11) is 0. The number of carbonyl (C=O) groups is 2. The molecule has 47 heavy (non-hydrogen) atoms. The topological polar surface area (TPSA) is 147 Å². The molecule has 248 valence electrons. The number of aryl methyl sites for hydroxylation is 3. The summed E-state index contributed by atoms with van der Waals surface area (Å²) >= 11 is 0. The molecule has 0 unspecified atom stereocenters. The van der Waals surface area contributed by atoms with Crippen LogP contribution in [0.2, 0.25) is 0 Å². The van der Waals surface area contributed by atoms with Crippen LogP contribution in [-0.2, 0) is 16.1 Å². The zero-order valence-electron chi connectivity index (χ0n) is 27.0. The van der Waals surface area contributed by atoms with Gasteiger partial charge < -0.3 is 19.8 Å². The fourth-order valence-corrected chi connectivity index (χ4v) is 5.65. The zero-order chi connectivity index (χ0) is 33.9. The first kappa shape index (κ1) is 34.6. The van der Waals surface area contributed by atoms with Gasteiger partial charge in [-0.2, -0.15) is 0 Å². The number of piperazine rings is 1. The number of aliphatic carboxylic acids is 2. The van der Waals surface area contributed by atoms with Crippen LogP contribution in [-0.4, -0.2) is 80.5 Å². The van der Waals surface area contributed by atoms with Crippen molar-refractivity contribution in [2.75, 3.05) is 44.2 Å². The molecule has 1 saturated heterocycles. The number of para-hydroxylation sites is 3. The van der Waals surface area contributed by atoms with Crippen molar-refractivity contribution in [3.63, 3.8) is 0 Å². The molecule has 0 saturated carbocycles. The van der Waals surface area contributed by atoms with E-state index in [0.717, 1.165) is 68.3 Å². The second kappa shape index (κ2) is 16.4. The van der Waals surface area contributed by atoms with Crippen LogP contribution in [0.5, 0.6) is 5.75 Å². The molecule has 1 aliphatic rings. The van der Waals surface area contributed by atoms with Crippen molar-refractivity contribution in [2.24, 2.45) is 0 Å². The molecule has 0 radical (unpaired) electrons. The molecule has 2 aromatic carbocycles. The molecule has 0 spiro atoms. The molecule has 1 aliphatic heterocycles. The lowest BCUT2D eigenvalue weighted by molar-refractivity contribution is -0.134. The first-order valence-corrected chi connectivity index (χ1v) is 15.6. The van der Waals surface area contributed by atoms with Gasteiger partial charge in [0.15, 0.2) is 0 Å². The van der Waals surface area contributed by atoms with Crippen molar-refractivity contribution >= 4 is 28.7 Å². The second-order valence-corrected chi connectivity index (χ2v) is 11.1. The molecule has 12 nitrogen and oxygen atoms in total. The van der Waals surface area contributed by atoms with Crippen LogP contribution in [0.3, 0.4) is 0 Å². The van der Waals surface area contributed by atoms with E-state index in [2.05, 4.69) is 26.9 Å². The maximum absolute atomic E-state index is 13.6. The van der Waals surface area contributed by atoms with Crippen LogP contribution in [0.25, 0.3) is 16.7 Å². The Balaban J connectivity index is 0.000000555. The van der Waals surface area contributed by atoms with Gasteiger partial charge in [-0.15, -0.1) is 0 Å². The molecule has 5 rings (SSSR count). The number of rotatable bonds is 11. The van der Waals surface area contributed by atoms with Gasteiger partial charge in [-0.05, 0) is 76.1 Å². The van der Waals surface area contributed by atoms with Crippen LogP contribution in [0.1, 0.15) is 31.0 Å². The van der Waals surface area contributed by atoms with Crippen LogP contribution < -0.4 is 20.9 Å². The lowest BCUT2D eigenvalue weighted by Gasteiger charge is -2.36. The summed E-state index contributed by atoms with van der Waals surface area (Å²) in [4.78, 5) is 55.7. The Labute approximate surface area is 272 Å². The van der Waals surface area contributed by atoms with Gasteiger partial charge in [0.2, 0.25) is 0 Å². The van der Waals surface area contributed by atoms with Crippen molar-refractivity contribution in [1.82, 2.24) is 19.0 Å². The molecule has 2 N–H and O–H groups in total. The number of nitrogens with zero attached hydrogens (tertiary/aromatic N) is 5. The number of fused-ring (bicyclic) bond motifs is 1. The third-order valence-corrected chi connectivity index (χ3v) is 7.79. The number of anilines is 1. The largest absolute Gasteiger partial charge is 0.492 e. The number of carboxylic acid groups (broad SMARTS) is 2. The Morgan fingerprint density at radius 1 is 0.872 bits per heavy atom. The van der Waals surface area contributed by atoms with Crippen LogP contribution in [0.15, 0.2) is 82.4 Å². The molecule has 1 fully saturated rings. The standard InChI is InChI=1S/C31H37N5O3.C4H4O4/c1-4-39-27-15-9-8-14-26(27)34-20-18-33(19-21-34)16-10-11-17-35-29-28(23(2)22-24(3)32-29)30(37)36(31(35)38)25-12-6-5-7-13-25;5-3(6)1-2-4(7)8/h5-9,12-15,22H,4,10-11,16-21H2,1-3H3;1-2H,(H,5,6)(H,7,8)/b;2-1+. The molecule has 0 aliphatic carbocycles. The molecule has 2 aromatic heterocycles. The van der Waals surface area contributed by atoms with Crippen molar-refractivity contribution in [3.8, 4) is 11.4 Å². The van der Waals surface area contributed by atoms with E-state index in [9.17, 15) is 19.2 Å². The number of hydrogen-bond acceptors (Lipinski definition) is 8. The summed E-state index contributed by atoms with van der Waals surface area (Å²) < 4.78 is 8.80. The molecule has 3 heterocycles. The molecular formula is C35H41N5O7. The molecular weight excluding hydrogens is 602 g/mol. The minimum Gasteiger partial charge on any atom is -0.492 e. The highest BCUT2D eigenvalue weighted by Crippen LogP contribution is 2.28. The summed E-state index contributed by atoms with van der Waals surface area (Å²) in [5.74, 6) is -1.57. The number of pyridine rings is 1. The number of carboxylic acids is 2. The normalized spacial score (nSPS) is 13.4. The van der Waals surface area contributed by atoms with Crippen LogP contribution in [0.4, 0.5) is 5.69 Å². The van der Waals surface area contributed by atoms with Gasteiger partial charge in [0.25, 0.3) is 5.56 Å². The number of ether oxygens (including phenoxy) is 1. The highest BCUT2D eigenvalue weighted by Gasteiger charge is 2.20. The minimum atomic E-state index is -1.26. The maximum Gasteiger partial charge on any atom is 0.337 e. The Morgan fingerprint density at radius 2 is 1.49 bits per heavy atom. The van der Waals surface area contributed by atoms with E-state index in [1.54, 1.807) is 16.7 Å². The van der Waals surface area contributed by atoms with Crippen LogP contribution in [0, 0.1) is 13.8 Å². The smallest absolute Gasteiger partial charge is 0.337 e. The van der Waals surface area contributed by atoms with E-state index in [-0.39, 0.29) is 11.2 Å². The Morgan fingerprint density at radius 3 is 2.13 bits per heavy atom. The predicted molar refractivity (Wildman–Crippen MR) is 181 cm³/mol. The molecule has 0 amide bonds. The number of hydrogen-bond donors (Lipinski definition) is 2. The third kappa shape index (κ3) is 8.95. The monoisotopic (exact) mass is 643 g/mol. The lowest BCUT2D eigenvalue weighted by atomic mass is 10.1. The first-order chi connectivity index (χ1) is 22.6. The Bertz CT molecular complexity index is 1830. The lowest BCUT2D eigenvalue weighted by Crippen LogP contribution is -2.46. The summed E-state index contributed by atoms with van der Waals surface area (Å²) in [5, 5.41) is 16.1. The number of benzene rings is 2. The van der Waals surface area contributed by atoms with Gasteiger partial charge in [0.05, 0.1) is 23.4 Å². The second-order valence-electron chi connectivity index (χ2n) is 11.1. The van der Waals surface area contributed by atoms with E-state index in [0.29, 0.717) is 42.0 Å². The average Bonchev–Trinajstić information content (AvgIpc) is 3.04. The Hall–Kier alpha value is -5.23. The van der Waals surface area contributed by atoms with E-state index < -0.39 is 11.9 Å². The van der Waals surface area contributed by atoms with Gasteiger partial charge in [0.1, 0.15) is 11.4 Å². The number of unbranched alkanes of at least 4 members (excludes halogenated alkanes) is 1. The van der Waals surface area contributed by atoms with E-state index >= 15 is 0 Å². The molecule has 4 aromatic rings. The van der Waals surface area contributed by atoms with Gasteiger partial charge in [-0.3, -0.25) is 14.3 Å². The fraction of sp³-hybridized carbons (Fsp3) is 0.343. The summed E-state index contributed by atoms with van der Waals surface area (Å²) in [5.41, 5.74) is 3.21. The van der Waals surface area contributed by atoms with E-state index in [1.807, 2.05) is 57.2 Å². The van der Waals surface area contributed by atoms with Gasteiger partial charge in [-0.25, -0.2) is 23.9 Å². The summed E-state index contributed by atoms with van der Waals surface area (Å²) in [6.07, 6.45) is 2.90. The SMILES string of the molecule is CCOc1ccccc1N1CCN(CCCCn2c(=O)n(-c3ccccc3)c(=O)c3c(C)cc(C)nc32)CC1.O=C(O)/C=C/C(=O)O. The average molecular weight is 644 g/mol. The highest BCUT2D eigenvalue weighted by molar-refractivity contribution is 5.89. The maximum atomic E-state index is 13.6. The van der Waals surface area contributed by atoms with Gasteiger partial charge in [-0.1, -0.05) is 30.3 Å². The van der Waals surface area contributed by atoms with E-state index in [1.165, 1.54) is 4.57 Å². The zero-order valence-corrected chi connectivity index (χ0v) is 27.0. The third-order valence-electron chi connectivity index (χ3n) is 7.79. The van der Waals surface area contributed by atoms with Crippen molar-refractivity contribution in [2.45, 2.75) is 40.2 Å². The number of aromatic nitrogens is 3. The van der Waals surface area contributed by atoms with Crippen LogP contribution >= 0.6 is 0 Å². The van der Waals surface area contributed by atoms with Crippen molar-refractivity contribution in [3.05, 3.63) is 105 Å². The molecule has 12 heteroatoms. The van der Waals surface area contributed by atoms with Gasteiger partial charge in [0, 0.05) is 50.6 Å². The van der Waals surface area contributed by atoms with Crippen molar-refractivity contribution in [1.29, 1.82) is 0 Å². The van der Waals surface area contributed by atoms with Crippen molar-refractivity contribution < 1.29 is 24.5 Å². The Kier molecular flexibility index (Phi) is 12.1. The van der Waals surface area contributed by atoms with Gasteiger partial charge >= 0.3 is 17.6 Å². The quantitative estimate of drug-likeness (QED) is 0.182. The predicted octanol–water partition coefficient (Wildman–Crippen LogP) is 3.88. The minimum absolute atomic E-state index is 0.314. The fourth-order valence-electron chi connectivity index (χ4n) is 5.65.